The molecule has 0 bridgehead atoms. The Labute approximate surface area is 132 Å². The molecule has 21 heavy (non-hydrogen) atoms. The van der Waals surface area contributed by atoms with E-state index in [1.807, 2.05) is 25.1 Å². The van der Waals surface area contributed by atoms with Gasteiger partial charge < -0.3 is 9.64 Å². The Morgan fingerprint density at radius 2 is 2.10 bits per heavy atom. The van der Waals surface area contributed by atoms with Gasteiger partial charge in [0.05, 0.1) is 7.11 Å². The number of aryl methyl sites for hydroxylation is 1. The molecular weight excluding hydrogens is 332 g/mol. The molecule has 0 aliphatic rings. The fourth-order valence-corrected chi connectivity index (χ4v) is 2.42. The van der Waals surface area contributed by atoms with Crippen LogP contribution in [-0.4, -0.2) is 29.9 Å². The number of ether oxygens (including phenoxy) is 1. The Bertz CT molecular complexity index is 658. The number of carbonyl (C=O) groups excluding carboxylic acids is 1. The zero-order chi connectivity index (χ0) is 15.4. The lowest BCUT2D eigenvalue weighted by molar-refractivity contribution is 0.0778. The van der Waals surface area contributed by atoms with Gasteiger partial charge in [0.1, 0.15) is 16.0 Å². The summed E-state index contributed by atoms with van der Waals surface area (Å²) in [5.74, 6) is 0.655. The van der Waals surface area contributed by atoms with E-state index in [2.05, 4.69) is 20.9 Å². The van der Waals surface area contributed by atoms with E-state index in [1.165, 1.54) is 0 Å². The van der Waals surface area contributed by atoms with E-state index in [9.17, 15) is 4.79 Å². The summed E-state index contributed by atoms with van der Waals surface area (Å²) < 4.78 is 5.99. The molecule has 0 fully saturated rings. The minimum atomic E-state index is -0.125. The first-order valence-corrected chi connectivity index (χ1v) is 7.32. The van der Waals surface area contributed by atoms with Gasteiger partial charge >= 0.3 is 0 Å². The lowest BCUT2D eigenvalue weighted by Crippen LogP contribution is -2.27. The van der Waals surface area contributed by atoms with Gasteiger partial charge in [0.2, 0.25) is 0 Å². The van der Waals surface area contributed by atoms with Crippen LogP contribution in [0.1, 0.15) is 21.6 Å². The molecule has 110 valence electrons. The number of pyridine rings is 1. The molecule has 0 aliphatic heterocycles. The number of hydrogen-bond acceptors (Lipinski definition) is 3. The molecule has 0 radical (unpaired) electrons. The van der Waals surface area contributed by atoms with Crippen LogP contribution in [0.4, 0.5) is 0 Å². The van der Waals surface area contributed by atoms with E-state index in [4.69, 9.17) is 4.74 Å². The third kappa shape index (κ3) is 3.82. The molecule has 1 amide bonds. The van der Waals surface area contributed by atoms with Crippen LogP contribution in [0.25, 0.3) is 0 Å². The summed E-state index contributed by atoms with van der Waals surface area (Å²) in [6.07, 6.45) is 0. The number of halogens is 1. The standard InChI is InChI=1S/C16H17BrN2O2/c1-11-7-8-14(21-3)12(9-11)10-19(2)16(20)13-5-4-6-15(17)18-13/h4-9H,10H2,1-3H3. The zero-order valence-electron chi connectivity index (χ0n) is 12.3. The normalized spacial score (nSPS) is 10.3. The van der Waals surface area contributed by atoms with Gasteiger partial charge in [-0.25, -0.2) is 4.98 Å². The maximum atomic E-state index is 12.4. The van der Waals surface area contributed by atoms with Crippen molar-refractivity contribution < 1.29 is 9.53 Å². The Morgan fingerprint density at radius 3 is 2.76 bits per heavy atom. The first kappa shape index (κ1) is 15.5. The molecule has 2 aromatic rings. The molecule has 0 saturated heterocycles. The van der Waals surface area contributed by atoms with Crippen LogP contribution >= 0.6 is 15.9 Å². The van der Waals surface area contributed by atoms with Crippen molar-refractivity contribution in [2.45, 2.75) is 13.5 Å². The summed E-state index contributed by atoms with van der Waals surface area (Å²) >= 11 is 3.28. The van der Waals surface area contributed by atoms with E-state index in [0.717, 1.165) is 16.9 Å². The monoisotopic (exact) mass is 348 g/mol. The SMILES string of the molecule is COc1ccc(C)cc1CN(C)C(=O)c1cccc(Br)n1. The molecular formula is C16H17BrN2O2. The van der Waals surface area contributed by atoms with Crippen molar-refractivity contribution in [2.75, 3.05) is 14.2 Å². The van der Waals surface area contributed by atoms with Gasteiger partial charge in [-0.2, -0.15) is 0 Å². The number of carbonyl (C=O) groups is 1. The predicted molar refractivity (Wildman–Crippen MR) is 85.5 cm³/mol. The van der Waals surface area contributed by atoms with Crippen molar-refractivity contribution in [1.82, 2.24) is 9.88 Å². The lowest BCUT2D eigenvalue weighted by Gasteiger charge is -2.19. The van der Waals surface area contributed by atoms with Gasteiger partial charge in [-0.05, 0) is 41.1 Å². The van der Waals surface area contributed by atoms with Crippen LogP contribution in [0.15, 0.2) is 41.0 Å². The number of rotatable bonds is 4. The van der Waals surface area contributed by atoms with E-state index in [0.29, 0.717) is 16.8 Å². The molecule has 0 atom stereocenters. The highest BCUT2D eigenvalue weighted by atomic mass is 79.9. The second kappa shape index (κ2) is 6.72. The van der Waals surface area contributed by atoms with Crippen LogP contribution in [0.3, 0.4) is 0 Å². The molecule has 1 aromatic heterocycles. The number of nitrogens with zero attached hydrogens (tertiary/aromatic N) is 2. The molecule has 0 aliphatic carbocycles. The van der Waals surface area contributed by atoms with Crippen LogP contribution in [0.5, 0.6) is 5.75 Å². The van der Waals surface area contributed by atoms with Crippen molar-refractivity contribution in [1.29, 1.82) is 0 Å². The van der Waals surface area contributed by atoms with Gasteiger partial charge in [0, 0.05) is 19.2 Å². The second-order valence-corrected chi connectivity index (χ2v) is 5.63. The molecule has 0 spiro atoms. The number of aromatic nitrogens is 1. The average molecular weight is 349 g/mol. The summed E-state index contributed by atoms with van der Waals surface area (Å²) in [7, 11) is 3.39. The number of amides is 1. The third-order valence-corrected chi connectivity index (χ3v) is 3.57. The van der Waals surface area contributed by atoms with E-state index in [-0.39, 0.29) is 5.91 Å². The van der Waals surface area contributed by atoms with Crippen LogP contribution in [0.2, 0.25) is 0 Å². The Hall–Kier alpha value is -1.88. The molecule has 5 heteroatoms. The highest BCUT2D eigenvalue weighted by Gasteiger charge is 2.15. The van der Waals surface area contributed by atoms with Gasteiger partial charge in [-0.3, -0.25) is 4.79 Å². The first-order valence-electron chi connectivity index (χ1n) is 6.53. The smallest absolute Gasteiger partial charge is 0.272 e. The topological polar surface area (TPSA) is 42.4 Å². The first-order chi connectivity index (χ1) is 10.0. The quantitative estimate of drug-likeness (QED) is 0.795. The Kier molecular flexibility index (Phi) is 4.96. The summed E-state index contributed by atoms with van der Waals surface area (Å²) in [6, 6.07) is 11.2. The van der Waals surface area contributed by atoms with Crippen LogP contribution in [0, 0.1) is 6.92 Å². The van der Waals surface area contributed by atoms with Gasteiger partial charge in [-0.1, -0.05) is 23.8 Å². The fraction of sp³-hybridized carbons (Fsp3) is 0.250. The molecule has 4 nitrogen and oxygen atoms in total. The van der Waals surface area contributed by atoms with Gasteiger partial charge in [0.25, 0.3) is 5.91 Å². The van der Waals surface area contributed by atoms with E-state index in [1.54, 1.807) is 37.3 Å². The molecule has 0 saturated carbocycles. The molecule has 0 N–H and O–H groups in total. The van der Waals surface area contributed by atoms with E-state index >= 15 is 0 Å². The maximum absolute atomic E-state index is 12.4. The lowest BCUT2D eigenvalue weighted by atomic mass is 10.1. The van der Waals surface area contributed by atoms with Crippen molar-refractivity contribution >= 4 is 21.8 Å². The fourth-order valence-electron chi connectivity index (χ4n) is 2.08. The predicted octanol–water partition coefficient (Wildman–Crippen LogP) is 3.43. The van der Waals surface area contributed by atoms with Crippen LogP contribution < -0.4 is 4.74 Å². The van der Waals surface area contributed by atoms with Crippen molar-refractivity contribution in [3.63, 3.8) is 0 Å². The summed E-state index contributed by atoms with van der Waals surface area (Å²) in [4.78, 5) is 18.2. The Morgan fingerprint density at radius 1 is 1.33 bits per heavy atom. The molecule has 1 heterocycles. The number of hydrogen-bond donors (Lipinski definition) is 0. The van der Waals surface area contributed by atoms with Crippen molar-refractivity contribution in [3.8, 4) is 5.75 Å². The van der Waals surface area contributed by atoms with Crippen molar-refractivity contribution in [3.05, 3.63) is 57.8 Å². The number of benzene rings is 1. The highest BCUT2D eigenvalue weighted by molar-refractivity contribution is 9.10. The highest BCUT2D eigenvalue weighted by Crippen LogP contribution is 2.21. The zero-order valence-corrected chi connectivity index (χ0v) is 13.8. The second-order valence-electron chi connectivity index (χ2n) is 4.82. The molecule has 1 aromatic carbocycles. The average Bonchev–Trinajstić information content (AvgIpc) is 2.46. The molecule has 2 rings (SSSR count). The summed E-state index contributed by atoms with van der Waals surface area (Å²) in [5.41, 5.74) is 2.52. The van der Waals surface area contributed by atoms with Gasteiger partial charge in [0.15, 0.2) is 0 Å². The largest absolute Gasteiger partial charge is 0.496 e. The molecule has 0 unspecified atom stereocenters. The third-order valence-electron chi connectivity index (χ3n) is 3.12. The van der Waals surface area contributed by atoms with Crippen LogP contribution in [-0.2, 0) is 6.54 Å². The van der Waals surface area contributed by atoms with E-state index < -0.39 is 0 Å². The minimum absolute atomic E-state index is 0.125. The van der Waals surface area contributed by atoms with Crippen molar-refractivity contribution in [2.24, 2.45) is 0 Å². The maximum Gasteiger partial charge on any atom is 0.272 e. The summed E-state index contributed by atoms with van der Waals surface area (Å²) in [6.45, 7) is 2.48. The number of methoxy groups -OCH3 is 1. The minimum Gasteiger partial charge on any atom is -0.496 e. The summed E-state index contributed by atoms with van der Waals surface area (Å²) in [5, 5.41) is 0. The Balaban J connectivity index is 2.19. The van der Waals surface area contributed by atoms with Gasteiger partial charge in [-0.15, -0.1) is 0 Å².